The minimum absolute atomic E-state index is 0.109. The molecule has 43 heavy (non-hydrogen) atoms. The Morgan fingerprint density at radius 2 is 0.860 bits per heavy atom. The first-order chi connectivity index (χ1) is 20.4. The Balaban J connectivity index is 1.47. The van der Waals surface area contributed by atoms with Crippen LogP contribution in [0.1, 0.15) is 46.7 Å². The molecule has 6 unspecified atom stereocenters. The van der Waals surface area contributed by atoms with Crippen LogP contribution in [0.2, 0.25) is 0 Å². The van der Waals surface area contributed by atoms with Crippen molar-refractivity contribution in [3.05, 3.63) is 82.9 Å². The number of phenols is 8. The molecule has 0 saturated heterocycles. The predicted molar refractivity (Wildman–Crippen MR) is 144 cm³/mol. The summed E-state index contributed by atoms with van der Waals surface area (Å²) in [4.78, 5) is 0. The number of benzene rings is 4. The normalized spacial score (nSPS) is 24.3. The maximum absolute atomic E-state index is 11.6. The molecule has 2 aliphatic rings. The lowest BCUT2D eigenvalue weighted by Gasteiger charge is -2.42. The molecule has 13 heteroatoms. The van der Waals surface area contributed by atoms with Crippen LogP contribution < -0.4 is 9.47 Å². The lowest BCUT2D eigenvalue weighted by Crippen LogP contribution is -2.41. The standard InChI is InChI=1S/C30H26O13/c31-13-7-19(37)23-21(9-13)41-27(11-1-3-15(33)17(35)5-11)25(39)29(23)43-30-24-20(38)8-14(32)10-22(24)42-28(26(30)40)12-2-4-16(34)18(36)6-12/h1-10,25-40H. The Labute approximate surface area is 242 Å². The Morgan fingerprint density at radius 3 is 1.23 bits per heavy atom. The summed E-state index contributed by atoms with van der Waals surface area (Å²) in [7, 11) is 0. The van der Waals surface area contributed by atoms with E-state index in [0.717, 1.165) is 36.4 Å². The summed E-state index contributed by atoms with van der Waals surface area (Å²) in [5.74, 6) is -3.89. The van der Waals surface area contributed by atoms with E-state index < -0.39 is 71.1 Å². The third-order valence-corrected chi connectivity index (χ3v) is 7.48. The quantitative estimate of drug-likeness (QED) is 0.153. The zero-order valence-corrected chi connectivity index (χ0v) is 21.9. The van der Waals surface area contributed by atoms with Gasteiger partial charge in [-0.1, -0.05) is 12.1 Å². The largest absolute Gasteiger partial charge is 0.508 e. The smallest absolute Gasteiger partial charge is 0.157 e. The second kappa shape index (κ2) is 10.2. The van der Waals surface area contributed by atoms with Crippen molar-refractivity contribution in [1.82, 2.24) is 0 Å². The van der Waals surface area contributed by atoms with E-state index in [-0.39, 0.29) is 45.3 Å². The molecule has 0 saturated carbocycles. The highest BCUT2D eigenvalue weighted by Gasteiger charge is 2.48. The fourth-order valence-electron chi connectivity index (χ4n) is 5.45. The zero-order valence-electron chi connectivity index (χ0n) is 21.9. The van der Waals surface area contributed by atoms with E-state index in [2.05, 4.69) is 0 Å². The number of aliphatic hydroxyl groups excluding tert-OH is 2. The second-order valence-corrected chi connectivity index (χ2v) is 10.3. The van der Waals surface area contributed by atoms with Gasteiger partial charge in [0.1, 0.15) is 58.9 Å². The fraction of sp³-hybridized carbons (Fsp3) is 0.200. The van der Waals surface area contributed by atoms with Crippen LogP contribution in [0.5, 0.6) is 57.5 Å². The molecule has 0 amide bonds. The summed E-state index contributed by atoms with van der Waals surface area (Å²) in [6, 6.07) is 11.7. The van der Waals surface area contributed by atoms with Crippen LogP contribution in [0, 0.1) is 0 Å². The van der Waals surface area contributed by atoms with E-state index >= 15 is 0 Å². The molecular formula is C30H26O13. The zero-order chi connectivity index (χ0) is 30.7. The highest BCUT2D eigenvalue weighted by atomic mass is 16.6. The van der Waals surface area contributed by atoms with Crippen molar-refractivity contribution in [3.8, 4) is 57.5 Å². The summed E-state index contributed by atoms with van der Waals surface area (Å²) in [5, 5.41) is 105. The Morgan fingerprint density at radius 1 is 0.465 bits per heavy atom. The minimum atomic E-state index is -1.65. The van der Waals surface area contributed by atoms with Crippen molar-refractivity contribution in [1.29, 1.82) is 0 Å². The first-order valence-corrected chi connectivity index (χ1v) is 12.9. The number of phenolic OH excluding ortho intramolecular Hbond substituents is 8. The van der Waals surface area contributed by atoms with Gasteiger partial charge in [0, 0.05) is 24.3 Å². The van der Waals surface area contributed by atoms with Gasteiger partial charge in [-0.05, 0) is 35.4 Å². The average Bonchev–Trinajstić information content (AvgIpc) is 2.94. The number of hydrogen-bond acceptors (Lipinski definition) is 13. The second-order valence-electron chi connectivity index (χ2n) is 10.3. The van der Waals surface area contributed by atoms with E-state index in [1.807, 2.05) is 0 Å². The van der Waals surface area contributed by atoms with Gasteiger partial charge in [-0.15, -0.1) is 0 Å². The molecule has 6 rings (SSSR count). The predicted octanol–water partition coefficient (Wildman–Crippen LogP) is 3.12. The molecule has 0 aromatic heterocycles. The molecule has 2 heterocycles. The van der Waals surface area contributed by atoms with Gasteiger partial charge >= 0.3 is 0 Å². The number of aliphatic hydroxyl groups is 2. The Bertz CT molecular complexity index is 1600. The van der Waals surface area contributed by atoms with Gasteiger partial charge in [-0.3, -0.25) is 0 Å². The van der Waals surface area contributed by atoms with Gasteiger partial charge in [-0.2, -0.15) is 0 Å². The van der Waals surface area contributed by atoms with Crippen molar-refractivity contribution >= 4 is 0 Å². The SMILES string of the molecule is Oc1cc(O)c2c(c1)OC(c1ccc(O)c(O)c1)C(O)C2OC1c2c(O)cc(O)cc2OC(c2ccc(O)c(O)c2)C1O. The van der Waals surface area contributed by atoms with Crippen molar-refractivity contribution < 1.29 is 65.3 Å². The molecule has 0 aliphatic carbocycles. The number of aromatic hydroxyl groups is 8. The molecule has 13 nitrogen and oxygen atoms in total. The number of hydrogen-bond donors (Lipinski definition) is 10. The summed E-state index contributed by atoms with van der Waals surface area (Å²) in [6.45, 7) is 0. The highest BCUT2D eigenvalue weighted by Crippen LogP contribution is 2.55. The third kappa shape index (κ3) is 4.74. The monoisotopic (exact) mass is 594 g/mol. The molecule has 224 valence electrons. The molecule has 0 fully saturated rings. The number of rotatable bonds is 4. The molecule has 2 aliphatic heterocycles. The third-order valence-electron chi connectivity index (χ3n) is 7.48. The van der Waals surface area contributed by atoms with E-state index in [1.54, 1.807) is 0 Å². The molecule has 4 aromatic carbocycles. The van der Waals surface area contributed by atoms with Crippen LogP contribution in [0.4, 0.5) is 0 Å². The van der Waals surface area contributed by atoms with Gasteiger partial charge in [0.15, 0.2) is 35.2 Å². The lowest BCUT2D eigenvalue weighted by molar-refractivity contribution is -0.175. The highest BCUT2D eigenvalue weighted by molar-refractivity contribution is 5.56. The van der Waals surface area contributed by atoms with Crippen molar-refractivity contribution in [2.75, 3.05) is 0 Å². The molecule has 6 atom stereocenters. The van der Waals surface area contributed by atoms with Crippen LogP contribution in [-0.2, 0) is 4.74 Å². The first-order valence-electron chi connectivity index (χ1n) is 12.9. The van der Waals surface area contributed by atoms with Crippen molar-refractivity contribution in [3.63, 3.8) is 0 Å². The minimum Gasteiger partial charge on any atom is -0.508 e. The van der Waals surface area contributed by atoms with Gasteiger partial charge in [0.05, 0.1) is 11.1 Å². The van der Waals surface area contributed by atoms with Gasteiger partial charge in [0.25, 0.3) is 0 Å². The molecular weight excluding hydrogens is 568 g/mol. The van der Waals surface area contributed by atoms with Crippen LogP contribution in [0.25, 0.3) is 0 Å². The van der Waals surface area contributed by atoms with Gasteiger partial charge in [-0.25, -0.2) is 0 Å². The average molecular weight is 595 g/mol. The van der Waals surface area contributed by atoms with E-state index in [1.165, 1.54) is 24.3 Å². The number of ether oxygens (including phenoxy) is 3. The molecule has 10 N–H and O–H groups in total. The van der Waals surface area contributed by atoms with Crippen LogP contribution in [0.15, 0.2) is 60.7 Å². The topological polar surface area (TPSA) is 230 Å². The maximum atomic E-state index is 11.6. The maximum Gasteiger partial charge on any atom is 0.157 e. The van der Waals surface area contributed by atoms with Gasteiger partial charge < -0.3 is 65.3 Å². The molecule has 0 bridgehead atoms. The van der Waals surface area contributed by atoms with E-state index in [0.29, 0.717) is 0 Å². The van der Waals surface area contributed by atoms with E-state index in [4.69, 9.17) is 14.2 Å². The van der Waals surface area contributed by atoms with Crippen molar-refractivity contribution in [2.24, 2.45) is 0 Å². The Hall–Kier alpha value is -5.24. The van der Waals surface area contributed by atoms with E-state index in [9.17, 15) is 51.1 Å². The molecule has 4 aromatic rings. The summed E-state index contributed by atoms with van der Waals surface area (Å²) in [5.41, 5.74) is 0.148. The first kappa shape index (κ1) is 27.9. The van der Waals surface area contributed by atoms with Crippen molar-refractivity contribution in [2.45, 2.75) is 36.6 Å². The van der Waals surface area contributed by atoms with Crippen LogP contribution in [-0.4, -0.2) is 63.3 Å². The summed E-state index contributed by atoms with van der Waals surface area (Å²) >= 11 is 0. The van der Waals surface area contributed by atoms with Crippen LogP contribution >= 0.6 is 0 Å². The summed E-state index contributed by atoms with van der Waals surface area (Å²) in [6.07, 6.45) is -8.92. The fourth-order valence-corrected chi connectivity index (χ4v) is 5.45. The summed E-state index contributed by atoms with van der Waals surface area (Å²) < 4.78 is 18.1. The Kier molecular flexibility index (Phi) is 6.64. The molecule has 0 radical (unpaired) electrons. The van der Waals surface area contributed by atoms with Gasteiger partial charge in [0.2, 0.25) is 0 Å². The number of fused-ring (bicyclic) bond motifs is 2. The lowest BCUT2D eigenvalue weighted by atomic mass is 9.88. The molecule has 0 spiro atoms. The van der Waals surface area contributed by atoms with Crippen LogP contribution in [0.3, 0.4) is 0 Å².